The molecule has 0 spiro atoms. The van der Waals surface area contributed by atoms with Crippen LogP contribution >= 0.6 is 11.8 Å². The maximum absolute atomic E-state index is 13.2. The van der Waals surface area contributed by atoms with Crippen LogP contribution in [0.5, 0.6) is 0 Å². The van der Waals surface area contributed by atoms with E-state index in [1.54, 1.807) is 24.3 Å². The van der Waals surface area contributed by atoms with Gasteiger partial charge in [0.15, 0.2) is 0 Å². The van der Waals surface area contributed by atoms with Crippen molar-refractivity contribution in [1.82, 2.24) is 5.32 Å². The molecule has 4 aromatic rings. The van der Waals surface area contributed by atoms with E-state index in [-0.39, 0.29) is 33.5 Å². The summed E-state index contributed by atoms with van der Waals surface area (Å²) in [4.78, 5) is 25.0. The number of carboxylic acid groups (broad SMARTS) is 1. The van der Waals surface area contributed by atoms with Crippen LogP contribution in [0.15, 0.2) is 83.3 Å². The zero-order chi connectivity index (χ0) is 30.3. The Hall–Kier alpha value is -3.42. The summed E-state index contributed by atoms with van der Waals surface area (Å²) in [6, 6.07) is 20.0. The van der Waals surface area contributed by atoms with Crippen molar-refractivity contribution >= 4 is 23.6 Å². The predicted molar refractivity (Wildman–Crippen MR) is 157 cm³/mol. The zero-order valence-electron chi connectivity index (χ0n) is 25.0. The number of alkyl halides is 3. The van der Waals surface area contributed by atoms with Gasteiger partial charge in [-0.2, -0.15) is 24.9 Å². The third-order valence-electron chi connectivity index (χ3n) is 6.65. The first-order valence-electron chi connectivity index (χ1n) is 13.1. The number of hydrogen-bond acceptors (Lipinski definition) is 5. The zero-order valence-corrected chi connectivity index (χ0v) is 24.9. The topological polar surface area (TPSA) is 88.8 Å². The number of furan rings is 1. The average molecular weight is 606 g/mol. The third-order valence-corrected chi connectivity index (χ3v) is 7.29. The molecule has 0 bridgehead atoms. The molecule has 0 unspecified atom stereocenters. The van der Waals surface area contributed by atoms with Gasteiger partial charge in [-0.1, -0.05) is 42.5 Å². The Morgan fingerprint density at radius 1 is 1.00 bits per heavy atom. The molecule has 11 heteroatoms. The molecular weight excluding hydrogens is 574 g/mol. The summed E-state index contributed by atoms with van der Waals surface area (Å²) in [6.45, 7) is 2.25. The number of nitrogens with one attached hydrogen (secondary N) is 1. The first-order valence-corrected chi connectivity index (χ1v) is 14.5. The fourth-order valence-electron chi connectivity index (χ4n) is 4.41. The van der Waals surface area contributed by atoms with E-state index in [9.17, 15) is 27.9 Å². The number of aliphatic carboxylic acids is 1. The van der Waals surface area contributed by atoms with Crippen LogP contribution in [0.25, 0.3) is 22.5 Å². The van der Waals surface area contributed by atoms with E-state index < -0.39 is 29.7 Å². The first-order chi connectivity index (χ1) is 20.1. The Morgan fingerprint density at radius 2 is 1.72 bits per heavy atom. The molecule has 1 amide bonds. The molecule has 0 aliphatic heterocycles. The quantitative estimate of drug-likeness (QED) is 0.228. The largest absolute Gasteiger partial charge is 1.00 e. The van der Waals surface area contributed by atoms with Gasteiger partial charge in [-0.05, 0) is 84.0 Å². The minimum Gasteiger partial charge on any atom is -1.00 e. The smallest absolute Gasteiger partial charge is 1.00 e. The van der Waals surface area contributed by atoms with Crippen LogP contribution in [0.1, 0.15) is 40.7 Å². The summed E-state index contributed by atoms with van der Waals surface area (Å²) < 4.78 is 50.2. The molecule has 3 aromatic carbocycles. The number of hydrogen-bond donors (Lipinski definition) is 2. The fraction of sp³-hybridized carbons (Fsp3) is 0.250. The second kappa shape index (κ2) is 15.3. The van der Waals surface area contributed by atoms with Gasteiger partial charge in [-0.3, -0.25) is 4.79 Å². The number of ether oxygens (including phenoxy) is 1. The van der Waals surface area contributed by atoms with E-state index in [0.29, 0.717) is 40.4 Å². The van der Waals surface area contributed by atoms with Crippen molar-refractivity contribution in [2.24, 2.45) is 0 Å². The van der Waals surface area contributed by atoms with Gasteiger partial charge in [0.05, 0.1) is 12.2 Å². The molecule has 0 fully saturated rings. The van der Waals surface area contributed by atoms with E-state index in [4.69, 9.17) is 9.15 Å². The first kappa shape index (κ1) is 34.1. The monoisotopic (exact) mass is 605 g/mol. The molecule has 4 rings (SSSR count). The maximum Gasteiger partial charge on any atom is 1.00 e. The number of thioether (sulfide) groups is 1. The molecule has 1 heterocycles. The van der Waals surface area contributed by atoms with Gasteiger partial charge in [0.1, 0.15) is 24.2 Å². The number of rotatable bonds is 12. The van der Waals surface area contributed by atoms with Crippen LogP contribution in [0.2, 0.25) is 0 Å². The molecule has 0 aliphatic carbocycles. The van der Waals surface area contributed by atoms with E-state index in [1.165, 1.54) is 23.9 Å². The molecule has 43 heavy (non-hydrogen) atoms. The summed E-state index contributed by atoms with van der Waals surface area (Å²) in [5, 5.41) is 12.2. The van der Waals surface area contributed by atoms with Crippen molar-refractivity contribution in [3.8, 4) is 22.5 Å². The fourth-order valence-corrected chi connectivity index (χ4v) is 4.88. The predicted octanol–water partition coefficient (Wildman–Crippen LogP) is 4.71. The number of aryl methyl sites for hydroxylation is 1. The van der Waals surface area contributed by atoms with Crippen LogP contribution in [-0.2, 0) is 28.9 Å². The molecule has 2 N–H and O–H groups in total. The molecule has 0 saturated carbocycles. The van der Waals surface area contributed by atoms with Crippen LogP contribution in [0, 0.1) is 6.92 Å². The second-order valence-corrected chi connectivity index (χ2v) is 10.7. The number of amides is 1. The van der Waals surface area contributed by atoms with E-state index in [1.807, 2.05) is 43.5 Å². The van der Waals surface area contributed by atoms with Crippen molar-refractivity contribution in [3.05, 3.63) is 107 Å². The number of carbonyl (C=O) groups excluding carboxylic acids is 1. The van der Waals surface area contributed by atoms with Crippen LogP contribution < -0.4 is 24.2 Å². The number of carboxylic acids is 1. The SMILES string of the molecule is CSCC[C@H](NC(=O)c1ccc(COCc2ccc(-c3ccc(C(F)(F)F)cc3)o2)cc1-c1ccccc1C)C(=O)O.[H-].[Li+]. The summed E-state index contributed by atoms with van der Waals surface area (Å²) in [7, 11) is 0. The van der Waals surface area contributed by atoms with E-state index in [2.05, 4.69) is 5.32 Å². The van der Waals surface area contributed by atoms with Gasteiger partial charge < -0.3 is 21.0 Å². The standard InChI is InChI=1S/C32H30F3NO5S.Li.H/c1-20-5-3-4-6-25(20)27-17-21(7-13-26(27)30(37)36-28(31(38)39)15-16-42-2)18-40-19-24-12-14-29(41-24)22-8-10-23(11-9-22)32(33,34)35;;/h3-14,17,28H,15-16,18-19H2,1-2H3,(H,36,37)(H,38,39);;/q;+1;-1/t28-;;/m0../s1. The van der Waals surface area contributed by atoms with Crippen molar-refractivity contribution in [3.63, 3.8) is 0 Å². The van der Waals surface area contributed by atoms with Gasteiger partial charge in [-0.25, -0.2) is 4.79 Å². The molecule has 1 atom stereocenters. The van der Waals surface area contributed by atoms with Gasteiger partial charge in [-0.15, -0.1) is 0 Å². The normalized spacial score (nSPS) is 11.9. The van der Waals surface area contributed by atoms with Crippen LogP contribution in [0.4, 0.5) is 13.2 Å². The second-order valence-electron chi connectivity index (χ2n) is 9.67. The molecule has 0 aliphatic rings. The van der Waals surface area contributed by atoms with E-state index >= 15 is 0 Å². The number of carbonyl (C=O) groups is 2. The summed E-state index contributed by atoms with van der Waals surface area (Å²) >= 11 is 1.51. The Balaban J connectivity index is 0.00000337. The molecule has 222 valence electrons. The number of halogens is 3. The van der Waals surface area contributed by atoms with Gasteiger partial charge in [0.25, 0.3) is 5.91 Å². The van der Waals surface area contributed by atoms with Gasteiger partial charge in [0, 0.05) is 11.1 Å². The van der Waals surface area contributed by atoms with E-state index in [0.717, 1.165) is 28.8 Å². The van der Waals surface area contributed by atoms with Crippen LogP contribution in [0.3, 0.4) is 0 Å². The van der Waals surface area contributed by atoms with Gasteiger partial charge >= 0.3 is 31.0 Å². The summed E-state index contributed by atoms with van der Waals surface area (Å²) in [5.74, 6) is -0.0266. The minimum atomic E-state index is -4.41. The minimum absolute atomic E-state index is 0. The Kier molecular flexibility index (Phi) is 12.2. The molecule has 6 nitrogen and oxygen atoms in total. The summed E-state index contributed by atoms with van der Waals surface area (Å²) in [6.07, 6.45) is -2.22. The molecular formula is C32H31F3LiNO5S. The Labute approximate surface area is 265 Å². The van der Waals surface area contributed by atoms with Gasteiger partial charge in [0.2, 0.25) is 0 Å². The number of benzene rings is 3. The average Bonchev–Trinajstić information content (AvgIpc) is 3.44. The Morgan fingerprint density at radius 3 is 2.37 bits per heavy atom. The summed E-state index contributed by atoms with van der Waals surface area (Å²) in [5.41, 5.74) is 3.38. The molecule has 0 radical (unpaired) electrons. The molecule has 0 saturated heterocycles. The van der Waals surface area contributed by atoms with Crippen LogP contribution in [-0.4, -0.2) is 35.0 Å². The van der Waals surface area contributed by atoms with Crippen molar-refractivity contribution in [1.29, 1.82) is 0 Å². The third kappa shape index (κ3) is 9.04. The van der Waals surface area contributed by atoms with Crippen molar-refractivity contribution in [2.75, 3.05) is 12.0 Å². The van der Waals surface area contributed by atoms with Crippen molar-refractivity contribution in [2.45, 2.75) is 38.8 Å². The molecule has 1 aromatic heterocycles. The Bertz CT molecular complexity index is 1550. The maximum atomic E-state index is 13.2. The van der Waals surface area contributed by atoms with Crippen molar-refractivity contribution < 1.29 is 57.3 Å².